The molecule has 0 aromatic carbocycles. The van der Waals surface area contributed by atoms with Crippen LogP contribution in [-0.2, 0) is 16.6 Å². The van der Waals surface area contributed by atoms with Crippen LogP contribution >= 0.6 is 0 Å². The van der Waals surface area contributed by atoms with Crippen LogP contribution in [0.1, 0.15) is 12.7 Å². The molecular formula is C11H14N4O3S. The van der Waals surface area contributed by atoms with Crippen LogP contribution in [0.5, 0.6) is 0 Å². The van der Waals surface area contributed by atoms with Crippen molar-refractivity contribution in [2.45, 2.75) is 18.4 Å². The van der Waals surface area contributed by atoms with Crippen molar-refractivity contribution in [2.24, 2.45) is 0 Å². The number of nitrogens with one attached hydrogen (secondary N) is 2. The molecule has 2 heterocycles. The topological polar surface area (TPSA) is 97.1 Å². The lowest BCUT2D eigenvalue weighted by molar-refractivity contribution is 0.380. The van der Waals surface area contributed by atoms with Gasteiger partial charge in [0.25, 0.3) is 0 Å². The largest absolute Gasteiger partial charge is 0.370 e. The van der Waals surface area contributed by atoms with Crippen LogP contribution in [0.4, 0.5) is 5.82 Å². The second kappa shape index (κ2) is 5.81. The summed E-state index contributed by atoms with van der Waals surface area (Å²) in [6, 6.07) is 4.70. The summed E-state index contributed by atoms with van der Waals surface area (Å²) in [5, 5.41) is 6.49. The highest BCUT2D eigenvalue weighted by molar-refractivity contribution is 7.89. The number of hydrogen-bond donors (Lipinski definition) is 2. The van der Waals surface area contributed by atoms with Gasteiger partial charge < -0.3 is 9.84 Å². The third kappa shape index (κ3) is 3.52. The normalized spacial score (nSPS) is 11.4. The minimum atomic E-state index is -3.60. The molecule has 0 fully saturated rings. The van der Waals surface area contributed by atoms with E-state index in [0.717, 1.165) is 6.54 Å². The summed E-state index contributed by atoms with van der Waals surface area (Å²) >= 11 is 0. The first-order valence-electron chi connectivity index (χ1n) is 5.71. The molecule has 19 heavy (non-hydrogen) atoms. The molecule has 0 radical (unpaired) electrons. The molecule has 2 aromatic rings. The number of sulfonamides is 1. The number of nitrogens with zero attached hydrogens (tertiary/aromatic N) is 2. The number of hydrogen-bond acceptors (Lipinski definition) is 6. The Balaban J connectivity index is 2.06. The molecule has 0 bridgehead atoms. The first kappa shape index (κ1) is 13.5. The van der Waals surface area contributed by atoms with Crippen LogP contribution in [0.3, 0.4) is 0 Å². The summed E-state index contributed by atoms with van der Waals surface area (Å²) in [7, 11) is -3.60. The van der Waals surface area contributed by atoms with Gasteiger partial charge in [-0.25, -0.2) is 18.1 Å². The number of anilines is 1. The van der Waals surface area contributed by atoms with Gasteiger partial charge in [-0.15, -0.1) is 0 Å². The zero-order valence-electron chi connectivity index (χ0n) is 10.3. The first-order valence-corrected chi connectivity index (χ1v) is 7.19. The maximum Gasteiger partial charge on any atom is 0.242 e. The maximum atomic E-state index is 12.0. The van der Waals surface area contributed by atoms with Gasteiger partial charge in [0.2, 0.25) is 10.0 Å². The van der Waals surface area contributed by atoms with E-state index in [2.05, 4.69) is 20.2 Å². The van der Waals surface area contributed by atoms with Crippen molar-refractivity contribution >= 4 is 15.8 Å². The third-order valence-corrected chi connectivity index (χ3v) is 3.72. The number of aromatic nitrogens is 2. The molecule has 102 valence electrons. The van der Waals surface area contributed by atoms with E-state index in [1.54, 1.807) is 12.1 Å². The molecule has 0 unspecified atom stereocenters. The van der Waals surface area contributed by atoms with Crippen molar-refractivity contribution in [1.82, 2.24) is 14.9 Å². The molecule has 0 aliphatic rings. The molecule has 8 heteroatoms. The molecule has 0 saturated carbocycles. The van der Waals surface area contributed by atoms with Crippen molar-refractivity contribution in [2.75, 3.05) is 11.9 Å². The molecule has 2 rings (SSSR count). The molecule has 0 aliphatic heterocycles. The highest BCUT2D eigenvalue weighted by Crippen LogP contribution is 2.11. The predicted molar refractivity (Wildman–Crippen MR) is 68.9 cm³/mol. The van der Waals surface area contributed by atoms with Crippen molar-refractivity contribution in [3.8, 4) is 0 Å². The molecule has 0 saturated heterocycles. The van der Waals surface area contributed by atoms with E-state index in [0.29, 0.717) is 11.6 Å². The third-order valence-electron chi connectivity index (χ3n) is 2.33. The Morgan fingerprint density at radius 3 is 2.74 bits per heavy atom. The van der Waals surface area contributed by atoms with Crippen LogP contribution < -0.4 is 10.0 Å². The highest BCUT2D eigenvalue weighted by atomic mass is 32.2. The van der Waals surface area contributed by atoms with Crippen LogP contribution in [0.15, 0.2) is 40.0 Å². The maximum absolute atomic E-state index is 12.0. The van der Waals surface area contributed by atoms with E-state index in [9.17, 15) is 8.42 Å². The van der Waals surface area contributed by atoms with Crippen LogP contribution in [0.2, 0.25) is 0 Å². The van der Waals surface area contributed by atoms with E-state index in [-0.39, 0.29) is 11.4 Å². The fourth-order valence-electron chi connectivity index (χ4n) is 1.41. The minimum Gasteiger partial charge on any atom is -0.370 e. The van der Waals surface area contributed by atoms with Crippen LogP contribution in [-0.4, -0.2) is 25.1 Å². The van der Waals surface area contributed by atoms with Gasteiger partial charge in [-0.1, -0.05) is 5.16 Å². The summed E-state index contributed by atoms with van der Waals surface area (Å²) < 4.78 is 31.1. The van der Waals surface area contributed by atoms with Crippen molar-refractivity contribution in [1.29, 1.82) is 0 Å². The van der Waals surface area contributed by atoms with Gasteiger partial charge in [0, 0.05) is 18.8 Å². The van der Waals surface area contributed by atoms with E-state index in [1.807, 2.05) is 6.92 Å². The minimum absolute atomic E-state index is 0.0529. The summed E-state index contributed by atoms with van der Waals surface area (Å²) in [5.41, 5.74) is 0. The smallest absolute Gasteiger partial charge is 0.242 e. The molecule has 2 aromatic heterocycles. The van der Waals surface area contributed by atoms with Crippen molar-refractivity contribution in [3.05, 3.63) is 36.4 Å². The van der Waals surface area contributed by atoms with Crippen LogP contribution in [0.25, 0.3) is 0 Å². The molecular weight excluding hydrogens is 268 g/mol. The summed E-state index contributed by atoms with van der Waals surface area (Å²) in [6.07, 6.45) is 2.76. The first-order chi connectivity index (χ1) is 9.12. The van der Waals surface area contributed by atoms with Gasteiger partial charge in [-0.2, -0.15) is 0 Å². The Bertz CT molecular complexity index is 608. The quantitative estimate of drug-likeness (QED) is 0.819. The van der Waals surface area contributed by atoms with Crippen molar-refractivity contribution < 1.29 is 12.9 Å². The Morgan fingerprint density at radius 2 is 2.16 bits per heavy atom. The summed E-state index contributed by atoms with van der Waals surface area (Å²) in [5.74, 6) is 1.08. The number of rotatable bonds is 6. The van der Waals surface area contributed by atoms with E-state index >= 15 is 0 Å². The van der Waals surface area contributed by atoms with Crippen molar-refractivity contribution in [3.63, 3.8) is 0 Å². The standard InChI is InChI=1S/C11H14N4O3S/c1-2-12-11-4-3-10(8-13-11)19(16,17)15-7-9-5-6-14-18-9/h3-6,8,15H,2,7H2,1H3,(H,12,13). The lowest BCUT2D eigenvalue weighted by atomic mass is 10.4. The van der Waals surface area contributed by atoms with E-state index < -0.39 is 10.0 Å². The zero-order chi connectivity index (χ0) is 13.7. The van der Waals surface area contributed by atoms with Gasteiger partial charge in [0.05, 0.1) is 12.7 Å². The Labute approximate surface area is 111 Å². The van der Waals surface area contributed by atoms with Gasteiger partial charge in [0.1, 0.15) is 10.7 Å². The Kier molecular flexibility index (Phi) is 4.13. The lowest BCUT2D eigenvalue weighted by Gasteiger charge is -2.06. The highest BCUT2D eigenvalue weighted by Gasteiger charge is 2.14. The molecule has 0 spiro atoms. The Hall–Kier alpha value is -1.93. The summed E-state index contributed by atoms with van der Waals surface area (Å²) in [4.78, 5) is 4.12. The predicted octanol–water partition coefficient (Wildman–Crippen LogP) is 0.980. The molecule has 7 nitrogen and oxygen atoms in total. The van der Waals surface area contributed by atoms with Crippen LogP contribution in [0, 0.1) is 0 Å². The second-order valence-corrected chi connectivity index (χ2v) is 5.48. The average Bonchev–Trinajstić information content (AvgIpc) is 2.91. The van der Waals surface area contributed by atoms with E-state index in [4.69, 9.17) is 4.52 Å². The SMILES string of the molecule is CCNc1ccc(S(=O)(=O)NCc2ccno2)cn1. The zero-order valence-corrected chi connectivity index (χ0v) is 11.1. The number of pyridine rings is 1. The second-order valence-electron chi connectivity index (χ2n) is 3.71. The summed E-state index contributed by atoms with van der Waals surface area (Å²) in [6.45, 7) is 2.71. The van der Waals surface area contributed by atoms with Gasteiger partial charge in [0.15, 0.2) is 5.76 Å². The molecule has 2 N–H and O–H groups in total. The van der Waals surface area contributed by atoms with Gasteiger partial charge in [-0.05, 0) is 19.1 Å². The molecule has 0 amide bonds. The molecule has 0 atom stereocenters. The average molecular weight is 282 g/mol. The van der Waals surface area contributed by atoms with E-state index in [1.165, 1.54) is 18.5 Å². The monoisotopic (exact) mass is 282 g/mol. The molecule has 0 aliphatic carbocycles. The van der Waals surface area contributed by atoms with Gasteiger partial charge >= 0.3 is 0 Å². The fourth-order valence-corrected chi connectivity index (χ4v) is 2.35. The Morgan fingerprint density at radius 1 is 1.32 bits per heavy atom. The van der Waals surface area contributed by atoms with Gasteiger partial charge in [-0.3, -0.25) is 0 Å². The fraction of sp³-hybridized carbons (Fsp3) is 0.273. The lowest BCUT2D eigenvalue weighted by Crippen LogP contribution is -2.23.